The molecule has 0 aromatic rings. The molecule has 5 N–H and O–H groups in total. The van der Waals surface area contributed by atoms with Gasteiger partial charge in [0, 0.05) is 36.8 Å². The topological polar surface area (TPSA) is 217 Å². The third-order valence-corrected chi connectivity index (χ3v) is 16.0. The molecule has 2 aliphatic rings. The number of unbranched alkanes of at least 4 members (excludes halogenated alkanes) is 29. The van der Waals surface area contributed by atoms with E-state index in [1.54, 1.807) is 0 Å². The predicted molar refractivity (Wildman–Crippen MR) is 288 cm³/mol. The molecule has 0 aliphatic carbocycles. The highest BCUT2D eigenvalue weighted by atomic mass is 32.2. The van der Waals surface area contributed by atoms with Crippen molar-refractivity contribution in [2.24, 2.45) is 0 Å². The van der Waals surface area contributed by atoms with E-state index in [4.69, 9.17) is 23.3 Å². The molecule has 0 spiro atoms. The van der Waals surface area contributed by atoms with Crippen LogP contribution in [0.1, 0.15) is 245 Å². The van der Waals surface area contributed by atoms with Crippen molar-refractivity contribution >= 4 is 49.6 Å². The van der Waals surface area contributed by atoms with E-state index >= 15 is 0 Å². The van der Waals surface area contributed by atoms with E-state index in [9.17, 15) is 33.4 Å². The lowest BCUT2D eigenvalue weighted by Crippen LogP contribution is -2.36. The summed E-state index contributed by atoms with van der Waals surface area (Å²) in [6.45, 7) is 3.14. The Morgan fingerprint density at radius 1 is 0.583 bits per heavy atom. The molecule has 0 radical (unpaired) electrons. The second-order valence-electron chi connectivity index (χ2n) is 20.1. The minimum atomic E-state index is -4.65. The molecule has 2 rings (SSSR count). The number of carbonyl (C=O) groups excluding carboxylic acids is 5. The quantitative estimate of drug-likeness (QED) is 0.0126. The molecular weight excluding hydrogens is 960 g/mol. The van der Waals surface area contributed by atoms with E-state index in [1.807, 2.05) is 11.8 Å². The SMILES string of the molecule is CCCCCCCCCCCCCCCCCC(=O)OC[C@H](COP(=O)(O)OCCNC(=O)OCCNC(=O)CCCC[C@@H]1SC[C@H]2NC(=O)N[C@@H]12)OC(=O)CCCCCCCCCCCCCCCCC. The lowest BCUT2D eigenvalue weighted by molar-refractivity contribution is -0.161. The molecule has 2 saturated heterocycles. The van der Waals surface area contributed by atoms with Crippen LogP contribution in [-0.4, -0.2) is 104 Å². The second kappa shape index (κ2) is 44.7. The average Bonchev–Trinajstić information content (AvgIpc) is 3.92. The Morgan fingerprint density at radius 3 is 1.58 bits per heavy atom. The van der Waals surface area contributed by atoms with Gasteiger partial charge < -0.3 is 40.4 Å². The van der Waals surface area contributed by atoms with Crippen LogP contribution >= 0.6 is 19.6 Å². The Labute approximate surface area is 439 Å². The van der Waals surface area contributed by atoms with Gasteiger partial charge in [-0.25, -0.2) is 14.2 Å². The molecule has 18 heteroatoms. The van der Waals surface area contributed by atoms with Crippen LogP contribution in [0.4, 0.5) is 9.59 Å². The molecular formula is C54H101N4O12PS. The van der Waals surface area contributed by atoms with Gasteiger partial charge >= 0.3 is 31.9 Å². The Kier molecular flexibility index (Phi) is 40.7. The molecule has 16 nitrogen and oxygen atoms in total. The van der Waals surface area contributed by atoms with E-state index in [-0.39, 0.29) is 69.8 Å². The molecule has 2 aliphatic heterocycles. The first-order valence-corrected chi connectivity index (χ1v) is 31.4. The molecule has 5 atom stereocenters. The Bertz CT molecular complexity index is 1470. The van der Waals surface area contributed by atoms with Crippen molar-refractivity contribution in [1.29, 1.82) is 0 Å². The zero-order chi connectivity index (χ0) is 52.2. The number of carbonyl (C=O) groups is 5. The largest absolute Gasteiger partial charge is 0.472 e. The Balaban J connectivity index is 1.61. The Morgan fingerprint density at radius 2 is 1.06 bits per heavy atom. The summed E-state index contributed by atoms with van der Waals surface area (Å²) < 4.78 is 39.0. The second-order valence-corrected chi connectivity index (χ2v) is 22.8. The number of amides is 4. The highest BCUT2D eigenvalue weighted by Crippen LogP contribution is 2.43. The maximum absolute atomic E-state index is 12.9. The monoisotopic (exact) mass is 1060 g/mol. The fourth-order valence-electron chi connectivity index (χ4n) is 9.18. The van der Waals surface area contributed by atoms with Gasteiger partial charge in [0.2, 0.25) is 5.91 Å². The van der Waals surface area contributed by atoms with Crippen molar-refractivity contribution in [3.8, 4) is 0 Å². The number of hydrogen-bond donors (Lipinski definition) is 5. The molecule has 1 unspecified atom stereocenters. The van der Waals surface area contributed by atoms with Gasteiger partial charge in [-0.2, -0.15) is 11.8 Å². The number of hydrogen-bond acceptors (Lipinski definition) is 12. The molecule has 0 aromatic heterocycles. The first kappa shape index (κ1) is 65.5. The fraction of sp³-hybridized carbons (Fsp3) is 0.907. The van der Waals surface area contributed by atoms with E-state index in [2.05, 4.69) is 35.1 Å². The summed E-state index contributed by atoms with van der Waals surface area (Å²) in [5.41, 5.74) is 0. The molecule has 420 valence electrons. The number of urea groups is 1. The lowest BCUT2D eigenvalue weighted by Gasteiger charge is -2.20. The van der Waals surface area contributed by atoms with Crippen LogP contribution in [0, 0.1) is 0 Å². The van der Waals surface area contributed by atoms with Gasteiger partial charge in [-0.3, -0.25) is 23.4 Å². The van der Waals surface area contributed by atoms with Crippen molar-refractivity contribution in [2.75, 3.05) is 45.3 Å². The Hall–Kier alpha value is -2.59. The zero-order valence-corrected chi connectivity index (χ0v) is 46.7. The summed E-state index contributed by atoms with van der Waals surface area (Å²) in [7, 11) is -4.65. The third kappa shape index (κ3) is 37.2. The zero-order valence-electron chi connectivity index (χ0n) is 45.0. The summed E-state index contributed by atoms with van der Waals surface area (Å²) in [4.78, 5) is 71.8. The van der Waals surface area contributed by atoms with E-state index in [0.717, 1.165) is 57.1 Å². The smallest absolute Gasteiger partial charge is 0.462 e. The maximum atomic E-state index is 12.9. The van der Waals surface area contributed by atoms with Crippen molar-refractivity contribution in [3.05, 3.63) is 0 Å². The number of alkyl carbamates (subject to hydrolysis) is 1. The number of fused-ring (bicyclic) bond motifs is 1. The van der Waals surface area contributed by atoms with Crippen molar-refractivity contribution < 1.29 is 56.7 Å². The van der Waals surface area contributed by atoms with Gasteiger partial charge in [0.1, 0.15) is 13.2 Å². The summed E-state index contributed by atoms with van der Waals surface area (Å²) in [6, 6.07) is 0.207. The van der Waals surface area contributed by atoms with Crippen LogP contribution in [0.25, 0.3) is 0 Å². The summed E-state index contributed by atoms with van der Waals surface area (Å²) in [5.74, 6) is -0.184. The van der Waals surface area contributed by atoms with Crippen LogP contribution < -0.4 is 21.3 Å². The predicted octanol–water partition coefficient (Wildman–Crippen LogP) is 12.7. The molecule has 2 fully saturated rings. The number of thioether (sulfide) groups is 1. The number of phosphoric ester groups is 1. The first-order valence-electron chi connectivity index (χ1n) is 28.9. The molecule has 0 aromatic carbocycles. The normalized spacial score (nSPS) is 17.4. The van der Waals surface area contributed by atoms with Gasteiger partial charge in [-0.15, -0.1) is 0 Å². The first-order chi connectivity index (χ1) is 35.0. The van der Waals surface area contributed by atoms with Gasteiger partial charge in [-0.05, 0) is 25.7 Å². The number of rotatable bonds is 50. The maximum Gasteiger partial charge on any atom is 0.472 e. The average molecular weight is 1060 g/mol. The van der Waals surface area contributed by atoms with E-state index in [1.165, 1.54) is 141 Å². The number of phosphoric acid groups is 1. The van der Waals surface area contributed by atoms with Crippen LogP contribution in [0.2, 0.25) is 0 Å². The fourth-order valence-corrected chi connectivity index (χ4v) is 11.5. The number of ether oxygens (including phenoxy) is 3. The van der Waals surface area contributed by atoms with Gasteiger partial charge in [0.05, 0.1) is 31.8 Å². The van der Waals surface area contributed by atoms with Crippen LogP contribution in [0.3, 0.4) is 0 Å². The van der Waals surface area contributed by atoms with Gasteiger partial charge in [-0.1, -0.05) is 200 Å². The molecule has 72 heavy (non-hydrogen) atoms. The highest BCUT2D eigenvalue weighted by molar-refractivity contribution is 8.00. The molecule has 0 saturated carbocycles. The van der Waals surface area contributed by atoms with Crippen LogP contribution in [0.5, 0.6) is 0 Å². The van der Waals surface area contributed by atoms with E-state index < -0.39 is 38.6 Å². The van der Waals surface area contributed by atoms with Crippen LogP contribution in [0.15, 0.2) is 0 Å². The van der Waals surface area contributed by atoms with Gasteiger partial charge in [0.25, 0.3) is 0 Å². The highest BCUT2D eigenvalue weighted by Gasteiger charge is 2.42. The van der Waals surface area contributed by atoms with Crippen molar-refractivity contribution in [3.63, 3.8) is 0 Å². The molecule has 0 bridgehead atoms. The van der Waals surface area contributed by atoms with Crippen LogP contribution in [-0.2, 0) is 42.2 Å². The van der Waals surface area contributed by atoms with Gasteiger partial charge in [0.15, 0.2) is 6.10 Å². The summed E-state index contributed by atoms with van der Waals surface area (Å²) in [6.07, 6.45) is 37.8. The lowest BCUT2D eigenvalue weighted by atomic mass is 10.0. The summed E-state index contributed by atoms with van der Waals surface area (Å²) >= 11 is 1.84. The summed E-state index contributed by atoms with van der Waals surface area (Å²) in [5, 5.41) is 11.4. The number of nitrogens with one attached hydrogen (secondary N) is 4. The minimum Gasteiger partial charge on any atom is -0.462 e. The molecule has 4 amide bonds. The molecule has 2 heterocycles. The standard InChI is InChI=1S/C54H101N4O12PS/c1-3-5-7-9-11-13-15-17-19-21-23-25-27-29-31-37-50(60)67-43-46(70-51(61)38-32-30-28-26-24-22-20-18-16-14-12-10-8-6-4-2)44-69-71(64,65)68-42-40-56-54(63)66-41-39-55-49(59)36-34-33-35-48-52-47(45-72-48)57-53(62)58-52/h46-48,52H,3-45H2,1-2H3,(H,55,59)(H,56,63)(H,64,65)(H2,57,58,62)/t46-,47-,48+,52-/m1/s1. The van der Waals surface area contributed by atoms with Crippen molar-refractivity contribution in [1.82, 2.24) is 21.3 Å². The minimum absolute atomic E-state index is 0.0713. The number of esters is 2. The van der Waals surface area contributed by atoms with E-state index in [0.29, 0.717) is 30.9 Å². The van der Waals surface area contributed by atoms with Crippen molar-refractivity contribution in [2.45, 2.75) is 268 Å². The third-order valence-electron chi connectivity index (χ3n) is 13.5.